The van der Waals surface area contributed by atoms with E-state index in [1.165, 1.54) is 4.31 Å². The van der Waals surface area contributed by atoms with Gasteiger partial charge in [0.2, 0.25) is 10.0 Å². The Balaban J connectivity index is 1.68. The second kappa shape index (κ2) is 7.11. The third-order valence-electron chi connectivity index (χ3n) is 5.74. The van der Waals surface area contributed by atoms with Crippen LogP contribution in [0.2, 0.25) is 0 Å². The molecule has 2 aliphatic heterocycles. The number of rotatable bonds is 4. The zero-order valence-electron chi connectivity index (χ0n) is 17.1. The molecule has 1 aromatic carbocycles. The van der Waals surface area contributed by atoms with Crippen LogP contribution in [0.5, 0.6) is 5.75 Å². The van der Waals surface area contributed by atoms with E-state index >= 15 is 0 Å². The van der Waals surface area contributed by atoms with E-state index in [-0.39, 0.29) is 25.0 Å². The third kappa shape index (κ3) is 3.11. The van der Waals surface area contributed by atoms with E-state index < -0.39 is 10.0 Å². The maximum absolute atomic E-state index is 13.4. The summed E-state index contributed by atoms with van der Waals surface area (Å²) in [6, 6.07) is 5.02. The number of amides is 1. The minimum absolute atomic E-state index is 0.0549. The molecular weight excluding hydrogens is 390 g/mol. The molecule has 1 aromatic heterocycles. The van der Waals surface area contributed by atoms with Crippen LogP contribution in [0, 0.1) is 20.8 Å². The van der Waals surface area contributed by atoms with Crippen LogP contribution < -0.4 is 4.74 Å². The van der Waals surface area contributed by atoms with Crippen molar-refractivity contribution in [1.29, 1.82) is 0 Å². The van der Waals surface area contributed by atoms with Crippen molar-refractivity contribution in [3.05, 3.63) is 52.3 Å². The molecule has 0 aliphatic carbocycles. The summed E-state index contributed by atoms with van der Waals surface area (Å²) in [7, 11) is -3.69. The summed E-state index contributed by atoms with van der Waals surface area (Å²) in [4.78, 5) is 19.1. The van der Waals surface area contributed by atoms with Crippen molar-refractivity contribution >= 4 is 15.9 Å². The van der Waals surface area contributed by atoms with E-state index in [1.54, 1.807) is 30.2 Å². The fourth-order valence-electron chi connectivity index (χ4n) is 4.26. The van der Waals surface area contributed by atoms with Gasteiger partial charge in [-0.05, 0) is 62.6 Å². The predicted octanol–water partition coefficient (Wildman–Crippen LogP) is 2.61. The zero-order valence-corrected chi connectivity index (χ0v) is 17.9. The molecule has 1 unspecified atom stereocenters. The van der Waals surface area contributed by atoms with Gasteiger partial charge >= 0.3 is 0 Å². The van der Waals surface area contributed by atoms with Crippen LogP contribution in [0.3, 0.4) is 0 Å². The SMILES string of the molecule is CCOc1cc(C)c(S(=O)(=O)N2CCN3C(=O)c4c(ccnc4C)C3C2)cc1C. The average molecular weight is 416 g/mol. The van der Waals surface area contributed by atoms with Gasteiger partial charge in [0, 0.05) is 25.8 Å². The average Bonchev–Trinajstić information content (AvgIpc) is 2.97. The molecule has 7 nitrogen and oxygen atoms in total. The topological polar surface area (TPSA) is 79.8 Å². The number of ether oxygens (including phenoxy) is 1. The number of fused-ring (bicyclic) bond motifs is 3. The lowest BCUT2D eigenvalue weighted by Crippen LogP contribution is -2.49. The first kappa shape index (κ1) is 19.8. The van der Waals surface area contributed by atoms with Gasteiger partial charge in [0.25, 0.3) is 5.91 Å². The molecule has 154 valence electrons. The molecule has 1 amide bonds. The Bertz CT molecular complexity index is 1100. The molecule has 1 fully saturated rings. The Hall–Kier alpha value is -2.45. The van der Waals surface area contributed by atoms with Crippen LogP contribution >= 0.6 is 0 Å². The van der Waals surface area contributed by atoms with Crippen molar-refractivity contribution < 1.29 is 17.9 Å². The smallest absolute Gasteiger partial charge is 0.256 e. The first-order chi connectivity index (χ1) is 13.8. The van der Waals surface area contributed by atoms with Crippen molar-refractivity contribution in [3.63, 3.8) is 0 Å². The van der Waals surface area contributed by atoms with E-state index in [9.17, 15) is 13.2 Å². The number of piperazine rings is 1. The van der Waals surface area contributed by atoms with Gasteiger partial charge in [0.15, 0.2) is 0 Å². The fourth-order valence-corrected chi connectivity index (χ4v) is 5.99. The lowest BCUT2D eigenvalue weighted by atomic mass is 10.0. The van der Waals surface area contributed by atoms with E-state index in [2.05, 4.69) is 4.98 Å². The second-order valence-electron chi connectivity index (χ2n) is 7.55. The molecule has 1 atom stereocenters. The van der Waals surface area contributed by atoms with E-state index in [0.29, 0.717) is 40.6 Å². The van der Waals surface area contributed by atoms with E-state index in [1.807, 2.05) is 26.8 Å². The van der Waals surface area contributed by atoms with Crippen molar-refractivity contribution in [2.24, 2.45) is 0 Å². The van der Waals surface area contributed by atoms with E-state index in [0.717, 1.165) is 11.1 Å². The first-order valence-corrected chi connectivity index (χ1v) is 11.2. The van der Waals surface area contributed by atoms with Crippen LogP contribution in [0.15, 0.2) is 29.3 Å². The molecule has 0 radical (unpaired) electrons. The molecule has 0 bridgehead atoms. The molecule has 0 N–H and O–H groups in total. The highest BCUT2D eigenvalue weighted by Crippen LogP contribution is 2.39. The summed E-state index contributed by atoms with van der Waals surface area (Å²) >= 11 is 0. The third-order valence-corrected chi connectivity index (χ3v) is 7.75. The molecule has 29 heavy (non-hydrogen) atoms. The Morgan fingerprint density at radius 1 is 1.17 bits per heavy atom. The van der Waals surface area contributed by atoms with Gasteiger partial charge in [-0.1, -0.05) is 0 Å². The lowest BCUT2D eigenvalue weighted by Gasteiger charge is -2.37. The number of nitrogens with zero attached hydrogens (tertiary/aromatic N) is 3. The Morgan fingerprint density at radius 2 is 1.93 bits per heavy atom. The van der Waals surface area contributed by atoms with Crippen molar-refractivity contribution in [1.82, 2.24) is 14.2 Å². The molecule has 0 saturated carbocycles. The maximum atomic E-state index is 13.4. The van der Waals surface area contributed by atoms with Gasteiger partial charge in [-0.25, -0.2) is 8.42 Å². The molecule has 2 aromatic rings. The zero-order chi connectivity index (χ0) is 20.9. The number of carbonyl (C=O) groups is 1. The van der Waals surface area contributed by atoms with Gasteiger partial charge in [-0.15, -0.1) is 0 Å². The number of benzene rings is 1. The summed E-state index contributed by atoms with van der Waals surface area (Å²) in [6.45, 7) is 8.76. The highest BCUT2D eigenvalue weighted by Gasteiger charge is 2.44. The lowest BCUT2D eigenvalue weighted by molar-refractivity contribution is 0.0628. The second-order valence-corrected chi connectivity index (χ2v) is 9.46. The molecule has 1 saturated heterocycles. The highest BCUT2D eigenvalue weighted by molar-refractivity contribution is 7.89. The van der Waals surface area contributed by atoms with Crippen molar-refractivity contribution in [3.8, 4) is 5.75 Å². The van der Waals surface area contributed by atoms with Crippen molar-refractivity contribution in [2.45, 2.75) is 38.6 Å². The number of hydrogen-bond acceptors (Lipinski definition) is 5. The minimum atomic E-state index is -3.69. The molecular formula is C21H25N3O4S. The molecule has 0 spiro atoms. The highest BCUT2D eigenvalue weighted by atomic mass is 32.2. The summed E-state index contributed by atoms with van der Waals surface area (Å²) in [5.41, 5.74) is 3.61. The monoisotopic (exact) mass is 415 g/mol. The van der Waals surface area contributed by atoms with Crippen LogP contribution in [0.4, 0.5) is 0 Å². The number of sulfonamides is 1. The number of pyridine rings is 1. The number of hydrogen-bond donors (Lipinski definition) is 0. The maximum Gasteiger partial charge on any atom is 0.256 e. The summed E-state index contributed by atoms with van der Waals surface area (Å²) < 4.78 is 34.0. The first-order valence-electron chi connectivity index (χ1n) is 9.76. The number of aryl methyl sites for hydroxylation is 3. The van der Waals surface area contributed by atoms with Gasteiger partial charge in [0.05, 0.1) is 28.8 Å². The minimum Gasteiger partial charge on any atom is -0.494 e. The molecule has 2 aliphatic rings. The normalized spacial score (nSPS) is 19.2. The molecule has 8 heteroatoms. The summed E-state index contributed by atoms with van der Waals surface area (Å²) in [6.07, 6.45) is 1.68. The Kier molecular flexibility index (Phi) is 4.86. The molecule has 3 heterocycles. The van der Waals surface area contributed by atoms with Crippen molar-refractivity contribution in [2.75, 3.05) is 26.2 Å². The van der Waals surface area contributed by atoms with Crippen LogP contribution in [-0.4, -0.2) is 54.8 Å². The van der Waals surface area contributed by atoms with Gasteiger partial charge in [-0.3, -0.25) is 9.78 Å². The largest absolute Gasteiger partial charge is 0.494 e. The Labute approximate surface area is 171 Å². The summed E-state index contributed by atoms with van der Waals surface area (Å²) in [5, 5.41) is 0. The van der Waals surface area contributed by atoms with E-state index in [4.69, 9.17) is 4.74 Å². The predicted molar refractivity (Wildman–Crippen MR) is 109 cm³/mol. The fraction of sp³-hybridized carbons (Fsp3) is 0.429. The van der Waals surface area contributed by atoms with Crippen LogP contribution in [0.25, 0.3) is 0 Å². The summed E-state index contributed by atoms with van der Waals surface area (Å²) in [5.74, 6) is 0.646. The Morgan fingerprint density at radius 3 is 2.66 bits per heavy atom. The molecule has 4 rings (SSSR count). The standard InChI is InChI=1S/C21H25N3O4S/c1-5-28-18-10-14(3)19(11-13(18)2)29(26,27)23-8-9-24-17(12-23)16-6-7-22-15(4)20(16)21(24)25/h6-7,10-11,17H,5,8-9,12H2,1-4H3. The van der Waals surface area contributed by atoms with Gasteiger partial charge < -0.3 is 9.64 Å². The van der Waals surface area contributed by atoms with Gasteiger partial charge in [0.1, 0.15) is 5.75 Å². The quantitative estimate of drug-likeness (QED) is 0.767. The number of carbonyl (C=O) groups excluding carboxylic acids is 1. The number of aromatic nitrogens is 1. The van der Waals surface area contributed by atoms with Crippen LogP contribution in [0.1, 0.15) is 45.7 Å². The van der Waals surface area contributed by atoms with Gasteiger partial charge in [-0.2, -0.15) is 4.31 Å². The van der Waals surface area contributed by atoms with Crippen LogP contribution in [-0.2, 0) is 10.0 Å².